The van der Waals surface area contributed by atoms with Crippen LogP contribution in [0.15, 0.2) is 35.3 Å². The summed E-state index contributed by atoms with van der Waals surface area (Å²) in [6.07, 6.45) is 0. The van der Waals surface area contributed by atoms with E-state index in [9.17, 15) is 4.79 Å². The van der Waals surface area contributed by atoms with E-state index in [-0.39, 0.29) is 18.0 Å². The number of benzene rings is 1. The molecule has 6 heteroatoms. The number of amides is 1. The molecule has 0 radical (unpaired) electrons. The second-order valence-corrected chi connectivity index (χ2v) is 6.93. The van der Waals surface area contributed by atoms with E-state index in [0.29, 0.717) is 25.7 Å². The molecular weight excluding hydrogens is 316 g/mol. The van der Waals surface area contributed by atoms with E-state index in [1.165, 1.54) is 0 Å². The molecule has 2 N–H and O–H groups in total. The Balaban J connectivity index is 2.42. The van der Waals surface area contributed by atoms with E-state index in [2.05, 4.69) is 15.6 Å². The minimum atomic E-state index is -0.237. The molecule has 0 aliphatic heterocycles. The van der Waals surface area contributed by atoms with Gasteiger partial charge in [-0.15, -0.1) is 0 Å². The van der Waals surface area contributed by atoms with Gasteiger partial charge in [-0.2, -0.15) is 0 Å². The van der Waals surface area contributed by atoms with E-state index < -0.39 is 0 Å². The second kappa shape index (κ2) is 10.7. The molecule has 0 fully saturated rings. The summed E-state index contributed by atoms with van der Waals surface area (Å²) < 4.78 is 5.64. The summed E-state index contributed by atoms with van der Waals surface area (Å²) in [6, 6.07) is 10.1. The predicted octanol–water partition coefficient (Wildman–Crippen LogP) is 2.02. The molecule has 1 amide bonds. The van der Waals surface area contributed by atoms with Gasteiger partial charge in [-0.1, -0.05) is 30.3 Å². The molecule has 25 heavy (non-hydrogen) atoms. The molecule has 0 bridgehead atoms. The molecule has 0 atom stereocenters. The summed E-state index contributed by atoms with van der Waals surface area (Å²) in [5, 5.41) is 6.15. The molecular formula is C19H32N4O2. The van der Waals surface area contributed by atoms with Crippen molar-refractivity contribution in [2.24, 2.45) is 4.99 Å². The predicted molar refractivity (Wildman–Crippen MR) is 103 cm³/mol. The zero-order chi connectivity index (χ0) is 18.7. The Morgan fingerprint density at radius 3 is 2.52 bits per heavy atom. The third-order valence-corrected chi connectivity index (χ3v) is 3.20. The van der Waals surface area contributed by atoms with Crippen molar-refractivity contribution in [2.45, 2.75) is 39.8 Å². The number of aliphatic imine (C=N–C) groups is 1. The number of likely N-dealkylation sites (N-methyl/N-ethyl adjacent to an activating group) is 1. The zero-order valence-electron chi connectivity index (χ0n) is 16.1. The van der Waals surface area contributed by atoms with E-state index in [1.54, 1.807) is 0 Å². The van der Waals surface area contributed by atoms with Gasteiger partial charge >= 0.3 is 0 Å². The highest BCUT2D eigenvalue weighted by atomic mass is 16.5. The number of hydrogen-bond donors (Lipinski definition) is 2. The quantitative estimate of drug-likeness (QED) is 0.428. The SMILES string of the molecule is CCNC(=NCCOCc1ccccc1)N(C)CC(=O)NC(C)(C)C. The van der Waals surface area contributed by atoms with E-state index in [0.717, 1.165) is 12.1 Å². The van der Waals surface area contributed by atoms with Gasteiger partial charge in [-0.3, -0.25) is 9.79 Å². The van der Waals surface area contributed by atoms with Crippen LogP contribution in [0.25, 0.3) is 0 Å². The molecule has 0 aliphatic rings. The third kappa shape index (κ3) is 9.72. The summed E-state index contributed by atoms with van der Waals surface area (Å²) in [5.41, 5.74) is 0.910. The number of ether oxygens (including phenoxy) is 1. The lowest BCUT2D eigenvalue weighted by Crippen LogP contribution is -2.48. The summed E-state index contributed by atoms with van der Waals surface area (Å²) >= 11 is 0. The lowest BCUT2D eigenvalue weighted by Gasteiger charge is -2.25. The van der Waals surface area contributed by atoms with Crippen molar-refractivity contribution in [3.63, 3.8) is 0 Å². The summed E-state index contributed by atoms with van der Waals surface area (Å²) in [6.45, 7) is 10.6. The molecule has 0 saturated heterocycles. The van der Waals surface area contributed by atoms with Gasteiger partial charge in [0.05, 0.1) is 26.3 Å². The van der Waals surface area contributed by atoms with E-state index in [4.69, 9.17) is 4.74 Å². The maximum atomic E-state index is 12.1. The van der Waals surface area contributed by atoms with Crippen LogP contribution in [0.1, 0.15) is 33.3 Å². The number of nitrogens with one attached hydrogen (secondary N) is 2. The number of carbonyl (C=O) groups excluding carboxylic acids is 1. The molecule has 0 saturated carbocycles. The van der Waals surface area contributed by atoms with Crippen molar-refractivity contribution < 1.29 is 9.53 Å². The third-order valence-electron chi connectivity index (χ3n) is 3.20. The fourth-order valence-electron chi connectivity index (χ4n) is 2.20. The van der Waals surface area contributed by atoms with Crippen LogP contribution in [-0.2, 0) is 16.1 Å². The summed E-state index contributed by atoms with van der Waals surface area (Å²) in [7, 11) is 1.86. The maximum absolute atomic E-state index is 12.1. The van der Waals surface area contributed by atoms with Gasteiger partial charge in [0.15, 0.2) is 5.96 Å². The molecule has 0 aromatic heterocycles. The molecule has 6 nitrogen and oxygen atoms in total. The highest BCUT2D eigenvalue weighted by Crippen LogP contribution is 2.00. The minimum Gasteiger partial charge on any atom is -0.375 e. The Hall–Kier alpha value is -2.08. The van der Waals surface area contributed by atoms with Crippen LogP contribution < -0.4 is 10.6 Å². The largest absolute Gasteiger partial charge is 0.375 e. The average molecular weight is 348 g/mol. The molecule has 1 rings (SSSR count). The summed E-state index contributed by atoms with van der Waals surface area (Å²) in [4.78, 5) is 18.4. The van der Waals surface area contributed by atoms with E-state index >= 15 is 0 Å². The molecule has 0 heterocycles. The molecule has 0 aliphatic carbocycles. The first-order valence-electron chi connectivity index (χ1n) is 8.74. The molecule has 1 aromatic rings. The number of hydrogen-bond acceptors (Lipinski definition) is 3. The van der Waals surface area contributed by atoms with Crippen molar-refractivity contribution in [1.29, 1.82) is 0 Å². The van der Waals surface area contributed by atoms with Crippen LogP contribution in [-0.4, -0.2) is 55.6 Å². The molecule has 140 valence electrons. The van der Waals surface area contributed by atoms with Crippen LogP contribution in [0.2, 0.25) is 0 Å². The topological polar surface area (TPSA) is 66.0 Å². The van der Waals surface area contributed by atoms with Crippen LogP contribution in [0, 0.1) is 0 Å². The standard InChI is InChI=1S/C19H32N4O2/c1-6-20-18(23(5)14-17(24)22-19(2,3)4)21-12-13-25-15-16-10-8-7-9-11-16/h7-11H,6,12-15H2,1-5H3,(H,20,21)(H,22,24). The van der Waals surface area contributed by atoms with Crippen LogP contribution in [0.4, 0.5) is 0 Å². The van der Waals surface area contributed by atoms with Crippen LogP contribution in [0.3, 0.4) is 0 Å². The number of guanidine groups is 1. The molecule has 1 aromatic carbocycles. The van der Waals surface area contributed by atoms with Crippen molar-refractivity contribution >= 4 is 11.9 Å². The molecule has 0 spiro atoms. The van der Waals surface area contributed by atoms with Crippen molar-refractivity contribution in [2.75, 3.05) is 33.3 Å². The van der Waals surface area contributed by atoms with Gasteiger partial charge in [-0.25, -0.2) is 0 Å². The molecule has 0 unspecified atom stereocenters. The van der Waals surface area contributed by atoms with Crippen molar-refractivity contribution in [3.05, 3.63) is 35.9 Å². The lowest BCUT2D eigenvalue weighted by atomic mass is 10.1. The summed E-state index contributed by atoms with van der Waals surface area (Å²) in [5.74, 6) is 0.677. The Labute approximate surface area is 151 Å². The first-order valence-corrected chi connectivity index (χ1v) is 8.74. The van der Waals surface area contributed by atoms with Gasteiger partial charge in [0, 0.05) is 19.1 Å². The first-order chi connectivity index (χ1) is 11.8. The first kappa shape index (κ1) is 21.0. The zero-order valence-corrected chi connectivity index (χ0v) is 16.1. The average Bonchev–Trinajstić information content (AvgIpc) is 2.52. The second-order valence-electron chi connectivity index (χ2n) is 6.93. The van der Waals surface area contributed by atoms with Crippen molar-refractivity contribution in [3.8, 4) is 0 Å². The van der Waals surface area contributed by atoms with Gasteiger partial charge in [0.2, 0.25) is 5.91 Å². The smallest absolute Gasteiger partial charge is 0.240 e. The number of nitrogens with zero attached hydrogens (tertiary/aromatic N) is 2. The Kier molecular flexibility index (Phi) is 8.99. The highest BCUT2D eigenvalue weighted by molar-refractivity contribution is 5.86. The Morgan fingerprint density at radius 2 is 1.92 bits per heavy atom. The fourth-order valence-corrected chi connectivity index (χ4v) is 2.20. The number of rotatable bonds is 8. The maximum Gasteiger partial charge on any atom is 0.240 e. The normalized spacial score (nSPS) is 12.0. The van der Waals surface area contributed by atoms with E-state index in [1.807, 2.05) is 70.0 Å². The minimum absolute atomic E-state index is 0.0269. The highest BCUT2D eigenvalue weighted by Gasteiger charge is 2.16. The number of carbonyl (C=O) groups is 1. The van der Waals surface area contributed by atoms with Crippen molar-refractivity contribution in [1.82, 2.24) is 15.5 Å². The monoisotopic (exact) mass is 348 g/mol. The lowest BCUT2D eigenvalue weighted by molar-refractivity contribution is -0.122. The van der Waals surface area contributed by atoms with Gasteiger partial charge in [0.25, 0.3) is 0 Å². The van der Waals surface area contributed by atoms with Crippen LogP contribution >= 0.6 is 0 Å². The fraction of sp³-hybridized carbons (Fsp3) is 0.579. The van der Waals surface area contributed by atoms with Gasteiger partial charge in [0.1, 0.15) is 0 Å². The van der Waals surface area contributed by atoms with Gasteiger partial charge in [-0.05, 0) is 33.3 Å². The Morgan fingerprint density at radius 1 is 1.24 bits per heavy atom. The Bertz CT molecular complexity index is 538. The van der Waals surface area contributed by atoms with Gasteiger partial charge < -0.3 is 20.3 Å². The van der Waals surface area contributed by atoms with Crippen LogP contribution in [0.5, 0.6) is 0 Å².